The number of likely N-dealkylation sites (tertiary alicyclic amines) is 1. The van der Waals surface area contributed by atoms with E-state index < -0.39 is 0 Å². The summed E-state index contributed by atoms with van der Waals surface area (Å²) in [5, 5.41) is 3.16. The number of hydrogen-bond donors (Lipinski definition) is 2. The minimum absolute atomic E-state index is 0.00788. The van der Waals surface area contributed by atoms with Gasteiger partial charge in [-0.2, -0.15) is 0 Å². The minimum atomic E-state index is -0.274. The van der Waals surface area contributed by atoms with Gasteiger partial charge in [0.25, 0.3) is 0 Å². The molecule has 0 unspecified atom stereocenters. The maximum absolute atomic E-state index is 12.6. The van der Waals surface area contributed by atoms with Crippen molar-refractivity contribution < 1.29 is 9.59 Å². The van der Waals surface area contributed by atoms with Gasteiger partial charge in [-0.3, -0.25) is 4.79 Å². The molecule has 2 fully saturated rings. The van der Waals surface area contributed by atoms with Crippen LogP contribution in [-0.4, -0.2) is 36.5 Å². The predicted octanol–water partition coefficient (Wildman–Crippen LogP) is 2.70. The zero-order valence-corrected chi connectivity index (χ0v) is 14.9. The number of urea groups is 1. The summed E-state index contributed by atoms with van der Waals surface area (Å²) in [6, 6.07) is 10.5. The lowest BCUT2D eigenvalue weighted by Gasteiger charge is -2.43. The molecule has 5 heteroatoms. The third-order valence-corrected chi connectivity index (χ3v) is 5.75. The topological polar surface area (TPSA) is 75.4 Å². The predicted molar refractivity (Wildman–Crippen MR) is 97.9 cm³/mol. The third kappa shape index (κ3) is 4.74. The van der Waals surface area contributed by atoms with Crippen LogP contribution < -0.4 is 11.1 Å². The third-order valence-electron chi connectivity index (χ3n) is 5.75. The fourth-order valence-corrected chi connectivity index (χ4v) is 4.20. The molecule has 1 aliphatic carbocycles. The standard InChI is InChI=1S/C20H29N3O2/c21-18(24)12-17-8-4-11-23(14-17)19(25)22-15-20(9-5-10-20)13-16-6-2-1-3-7-16/h1-3,6-7,17H,4-5,8-15H2,(H2,21,24)(H,22,25)/t17-/m1/s1. The Bertz CT molecular complexity index is 598. The molecule has 1 aromatic carbocycles. The summed E-state index contributed by atoms with van der Waals surface area (Å²) in [6.07, 6.45) is 6.91. The highest BCUT2D eigenvalue weighted by molar-refractivity contribution is 5.75. The van der Waals surface area contributed by atoms with Crippen molar-refractivity contribution in [2.75, 3.05) is 19.6 Å². The van der Waals surface area contributed by atoms with Gasteiger partial charge >= 0.3 is 6.03 Å². The molecular weight excluding hydrogens is 314 g/mol. The highest BCUT2D eigenvalue weighted by Crippen LogP contribution is 2.43. The second-order valence-electron chi connectivity index (χ2n) is 7.80. The summed E-state index contributed by atoms with van der Waals surface area (Å²) < 4.78 is 0. The quantitative estimate of drug-likeness (QED) is 0.833. The molecule has 1 saturated heterocycles. The molecule has 3 rings (SSSR count). The average molecular weight is 343 g/mol. The summed E-state index contributed by atoms with van der Waals surface area (Å²) in [7, 11) is 0. The highest BCUT2D eigenvalue weighted by atomic mass is 16.2. The van der Waals surface area contributed by atoms with Crippen molar-refractivity contribution in [3.63, 3.8) is 0 Å². The number of benzene rings is 1. The lowest BCUT2D eigenvalue weighted by Crippen LogP contribution is -2.50. The van der Waals surface area contributed by atoms with Gasteiger partial charge in [0.15, 0.2) is 0 Å². The number of nitrogens with one attached hydrogen (secondary N) is 1. The fraction of sp³-hybridized carbons (Fsp3) is 0.600. The van der Waals surface area contributed by atoms with Gasteiger partial charge in [-0.05, 0) is 49.0 Å². The summed E-state index contributed by atoms with van der Waals surface area (Å²) in [5.74, 6) is -0.0671. The van der Waals surface area contributed by atoms with Crippen LogP contribution in [0.4, 0.5) is 4.79 Å². The molecule has 5 nitrogen and oxygen atoms in total. The van der Waals surface area contributed by atoms with Crippen LogP contribution in [0.25, 0.3) is 0 Å². The normalized spacial score (nSPS) is 22.1. The SMILES string of the molecule is NC(=O)C[C@H]1CCCN(C(=O)NCC2(Cc3ccccc3)CCC2)C1. The first kappa shape index (κ1) is 17.8. The van der Waals surface area contributed by atoms with E-state index >= 15 is 0 Å². The number of piperidine rings is 1. The van der Waals surface area contributed by atoms with Crippen molar-refractivity contribution in [3.8, 4) is 0 Å². The molecule has 0 bridgehead atoms. The number of carbonyl (C=O) groups excluding carboxylic acids is 2. The number of carbonyl (C=O) groups is 2. The number of nitrogens with two attached hydrogens (primary N) is 1. The van der Waals surface area contributed by atoms with Crippen LogP contribution in [0.15, 0.2) is 30.3 Å². The molecule has 136 valence electrons. The van der Waals surface area contributed by atoms with Gasteiger partial charge in [-0.15, -0.1) is 0 Å². The van der Waals surface area contributed by atoms with Crippen LogP contribution >= 0.6 is 0 Å². The average Bonchev–Trinajstić information content (AvgIpc) is 2.57. The van der Waals surface area contributed by atoms with Gasteiger partial charge in [0.2, 0.25) is 5.91 Å². The molecule has 0 spiro atoms. The maximum atomic E-state index is 12.6. The molecule has 1 saturated carbocycles. The van der Waals surface area contributed by atoms with Crippen LogP contribution in [0.5, 0.6) is 0 Å². The van der Waals surface area contributed by atoms with Crippen molar-refractivity contribution in [1.29, 1.82) is 0 Å². The van der Waals surface area contributed by atoms with Crippen LogP contribution in [-0.2, 0) is 11.2 Å². The molecule has 1 heterocycles. The molecule has 1 aliphatic heterocycles. The summed E-state index contributed by atoms with van der Waals surface area (Å²) in [6.45, 7) is 2.14. The summed E-state index contributed by atoms with van der Waals surface area (Å²) in [5.41, 5.74) is 6.85. The molecule has 1 aromatic rings. The van der Waals surface area contributed by atoms with Crippen LogP contribution in [0.3, 0.4) is 0 Å². The van der Waals surface area contributed by atoms with Gasteiger partial charge < -0.3 is 16.0 Å². The smallest absolute Gasteiger partial charge is 0.317 e. The Morgan fingerprint density at radius 1 is 1.20 bits per heavy atom. The van der Waals surface area contributed by atoms with E-state index in [1.54, 1.807) is 0 Å². The lowest BCUT2D eigenvalue weighted by molar-refractivity contribution is -0.119. The Morgan fingerprint density at radius 2 is 1.96 bits per heavy atom. The first-order chi connectivity index (χ1) is 12.1. The number of hydrogen-bond acceptors (Lipinski definition) is 2. The molecule has 2 aliphatic rings. The Morgan fingerprint density at radius 3 is 2.60 bits per heavy atom. The van der Waals surface area contributed by atoms with E-state index in [2.05, 4.69) is 29.6 Å². The number of primary amides is 1. The Labute approximate surface area is 150 Å². The Balaban J connectivity index is 1.51. The van der Waals surface area contributed by atoms with Crippen molar-refractivity contribution in [1.82, 2.24) is 10.2 Å². The first-order valence-electron chi connectivity index (χ1n) is 9.41. The maximum Gasteiger partial charge on any atom is 0.317 e. The monoisotopic (exact) mass is 343 g/mol. The first-order valence-corrected chi connectivity index (χ1v) is 9.41. The lowest BCUT2D eigenvalue weighted by atomic mass is 9.65. The Hall–Kier alpha value is -2.04. The zero-order chi connectivity index (χ0) is 17.7. The second kappa shape index (κ2) is 7.89. The highest BCUT2D eigenvalue weighted by Gasteiger charge is 2.37. The molecule has 3 amide bonds. The largest absolute Gasteiger partial charge is 0.370 e. The van der Waals surface area contributed by atoms with Crippen molar-refractivity contribution in [2.24, 2.45) is 17.1 Å². The van der Waals surface area contributed by atoms with Crippen LogP contribution in [0.1, 0.15) is 44.1 Å². The van der Waals surface area contributed by atoms with Crippen LogP contribution in [0, 0.1) is 11.3 Å². The van der Waals surface area contributed by atoms with Gasteiger partial charge in [-0.1, -0.05) is 36.8 Å². The fourth-order valence-electron chi connectivity index (χ4n) is 4.20. The van der Waals surface area contributed by atoms with E-state index in [0.717, 1.165) is 32.4 Å². The number of amides is 3. The summed E-state index contributed by atoms with van der Waals surface area (Å²) in [4.78, 5) is 25.5. The number of nitrogens with zero attached hydrogens (tertiary/aromatic N) is 1. The van der Waals surface area contributed by atoms with Gasteiger partial charge in [0.1, 0.15) is 0 Å². The zero-order valence-electron chi connectivity index (χ0n) is 14.9. The molecule has 0 aromatic heterocycles. The van der Waals surface area contributed by atoms with E-state index in [1.165, 1.54) is 24.8 Å². The second-order valence-corrected chi connectivity index (χ2v) is 7.80. The van der Waals surface area contributed by atoms with Gasteiger partial charge in [0, 0.05) is 26.1 Å². The van der Waals surface area contributed by atoms with E-state index in [4.69, 9.17) is 5.73 Å². The van der Waals surface area contributed by atoms with Gasteiger partial charge in [0.05, 0.1) is 0 Å². The van der Waals surface area contributed by atoms with Crippen molar-refractivity contribution in [3.05, 3.63) is 35.9 Å². The molecule has 1 atom stereocenters. The van der Waals surface area contributed by atoms with Crippen LogP contribution in [0.2, 0.25) is 0 Å². The van der Waals surface area contributed by atoms with Gasteiger partial charge in [-0.25, -0.2) is 4.79 Å². The minimum Gasteiger partial charge on any atom is -0.370 e. The molecule has 0 radical (unpaired) electrons. The van der Waals surface area contributed by atoms with E-state index in [9.17, 15) is 9.59 Å². The Kier molecular flexibility index (Phi) is 5.61. The van der Waals surface area contributed by atoms with E-state index in [-0.39, 0.29) is 23.3 Å². The van der Waals surface area contributed by atoms with E-state index in [1.807, 2.05) is 11.0 Å². The van der Waals surface area contributed by atoms with Crippen molar-refractivity contribution >= 4 is 11.9 Å². The molecule has 3 N–H and O–H groups in total. The number of rotatable bonds is 6. The molecular formula is C20H29N3O2. The molecule has 25 heavy (non-hydrogen) atoms. The van der Waals surface area contributed by atoms with Crippen molar-refractivity contribution in [2.45, 2.75) is 44.9 Å². The van der Waals surface area contributed by atoms with E-state index in [0.29, 0.717) is 13.0 Å². The summed E-state index contributed by atoms with van der Waals surface area (Å²) >= 11 is 0.